The largest absolute Gasteiger partial charge is 0.375 e. The van der Waals surface area contributed by atoms with Crippen molar-refractivity contribution in [2.24, 2.45) is 5.92 Å². The molecular formula is C24H28FN3O4. The molecule has 2 N–H and O–H groups in total. The lowest BCUT2D eigenvalue weighted by Crippen LogP contribution is -2.39. The topological polar surface area (TPSA) is 87.7 Å². The van der Waals surface area contributed by atoms with E-state index >= 15 is 0 Å². The van der Waals surface area contributed by atoms with E-state index in [2.05, 4.69) is 10.6 Å². The van der Waals surface area contributed by atoms with Crippen LogP contribution in [-0.4, -0.2) is 37.9 Å². The van der Waals surface area contributed by atoms with Crippen molar-refractivity contribution in [3.05, 3.63) is 59.4 Å². The summed E-state index contributed by atoms with van der Waals surface area (Å²) < 4.78 is 18.7. The average Bonchev–Trinajstić information content (AvgIpc) is 2.78. The molecule has 32 heavy (non-hydrogen) atoms. The summed E-state index contributed by atoms with van der Waals surface area (Å²) in [5.41, 5.74) is 2.78. The Kier molecular flexibility index (Phi) is 7.58. The molecule has 1 heterocycles. The van der Waals surface area contributed by atoms with E-state index in [0.29, 0.717) is 17.8 Å². The fourth-order valence-corrected chi connectivity index (χ4v) is 3.69. The van der Waals surface area contributed by atoms with Crippen LogP contribution >= 0.6 is 0 Å². The summed E-state index contributed by atoms with van der Waals surface area (Å²) in [6.07, 6.45) is 1.14. The van der Waals surface area contributed by atoms with Crippen LogP contribution in [0.3, 0.4) is 0 Å². The number of hydrogen-bond acceptors (Lipinski definition) is 4. The second-order valence-electron chi connectivity index (χ2n) is 8.04. The van der Waals surface area contributed by atoms with Gasteiger partial charge in [-0.3, -0.25) is 14.4 Å². The van der Waals surface area contributed by atoms with Crippen molar-refractivity contribution in [1.82, 2.24) is 5.32 Å². The first kappa shape index (κ1) is 23.4. The molecule has 0 spiro atoms. The summed E-state index contributed by atoms with van der Waals surface area (Å²) in [5, 5.41) is 5.09. The Labute approximate surface area is 186 Å². The molecule has 3 amide bonds. The van der Waals surface area contributed by atoms with E-state index < -0.39 is 23.7 Å². The van der Waals surface area contributed by atoms with Crippen molar-refractivity contribution in [3.63, 3.8) is 0 Å². The summed E-state index contributed by atoms with van der Waals surface area (Å²) in [6.45, 7) is 4.33. The van der Waals surface area contributed by atoms with Gasteiger partial charge in [0, 0.05) is 37.5 Å². The predicted molar refractivity (Wildman–Crippen MR) is 120 cm³/mol. The number of hydrogen-bond donors (Lipinski definition) is 2. The van der Waals surface area contributed by atoms with E-state index in [0.717, 1.165) is 24.1 Å². The zero-order chi connectivity index (χ0) is 23.3. The van der Waals surface area contributed by atoms with Crippen molar-refractivity contribution < 1.29 is 23.5 Å². The van der Waals surface area contributed by atoms with Crippen molar-refractivity contribution in [3.8, 4) is 0 Å². The van der Waals surface area contributed by atoms with Gasteiger partial charge in [0.05, 0.1) is 6.10 Å². The maximum absolute atomic E-state index is 13.4. The maximum Gasteiger partial charge on any atom is 0.313 e. The van der Waals surface area contributed by atoms with Crippen molar-refractivity contribution in [1.29, 1.82) is 0 Å². The van der Waals surface area contributed by atoms with E-state index in [9.17, 15) is 18.8 Å². The summed E-state index contributed by atoms with van der Waals surface area (Å²) in [7, 11) is 1.44. The first-order chi connectivity index (χ1) is 15.3. The highest BCUT2D eigenvalue weighted by molar-refractivity contribution is 6.39. The Morgan fingerprint density at radius 2 is 1.91 bits per heavy atom. The second kappa shape index (κ2) is 10.4. The van der Waals surface area contributed by atoms with Gasteiger partial charge in [-0.25, -0.2) is 4.39 Å². The number of ether oxygens (including phenoxy) is 1. The number of carbonyl (C=O) groups excluding carboxylic acids is 3. The average molecular weight is 442 g/mol. The van der Waals surface area contributed by atoms with Crippen LogP contribution in [0.1, 0.15) is 37.5 Å². The van der Waals surface area contributed by atoms with Crippen molar-refractivity contribution in [2.75, 3.05) is 30.4 Å². The van der Waals surface area contributed by atoms with Crippen LogP contribution in [-0.2, 0) is 25.5 Å². The lowest BCUT2D eigenvalue weighted by Gasteiger charge is -2.31. The lowest BCUT2D eigenvalue weighted by molar-refractivity contribution is -0.136. The first-order valence-corrected chi connectivity index (χ1v) is 10.6. The number of aryl methyl sites for hydroxylation is 1. The van der Waals surface area contributed by atoms with Gasteiger partial charge in [0.2, 0.25) is 5.91 Å². The van der Waals surface area contributed by atoms with E-state index in [-0.39, 0.29) is 18.4 Å². The minimum atomic E-state index is -0.837. The Morgan fingerprint density at radius 1 is 1.12 bits per heavy atom. The normalized spacial score (nSPS) is 14.0. The van der Waals surface area contributed by atoms with E-state index in [1.165, 1.54) is 19.2 Å². The molecule has 170 valence electrons. The van der Waals surface area contributed by atoms with Gasteiger partial charge < -0.3 is 20.3 Å². The van der Waals surface area contributed by atoms with Gasteiger partial charge in [-0.05, 0) is 48.2 Å². The molecule has 0 radical (unpaired) electrons. The van der Waals surface area contributed by atoms with Crippen LogP contribution in [0, 0.1) is 11.7 Å². The van der Waals surface area contributed by atoms with Crippen LogP contribution in [0.5, 0.6) is 0 Å². The SMILES string of the molecule is COC(CNC(=O)C(=O)Nc1ccc2c(c1)N(C(=O)C(C)C)CCC2)c1cccc(F)c1. The molecule has 1 atom stereocenters. The third-order valence-electron chi connectivity index (χ3n) is 5.38. The zero-order valence-electron chi connectivity index (χ0n) is 18.5. The molecule has 0 aliphatic carbocycles. The van der Waals surface area contributed by atoms with E-state index in [4.69, 9.17) is 4.74 Å². The highest BCUT2D eigenvalue weighted by Gasteiger charge is 2.25. The minimum absolute atomic E-state index is 0.00701. The van der Waals surface area contributed by atoms with Crippen molar-refractivity contribution in [2.45, 2.75) is 32.8 Å². The predicted octanol–water partition coefficient (Wildman–Crippen LogP) is 3.20. The number of anilines is 2. The molecule has 0 saturated heterocycles. The molecule has 0 aromatic heterocycles. The van der Waals surface area contributed by atoms with Gasteiger partial charge in [-0.1, -0.05) is 32.0 Å². The molecule has 0 fully saturated rings. The summed E-state index contributed by atoms with van der Waals surface area (Å²) in [5.74, 6) is -2.20. The third-order valence-corrected chi connectivity index (χ3v) is 5.38. The fraction of sp³-hybridized carbons (Fsp3) is 0.375. The number of methoxy groups -OCH3 is 1. The number of rotatable bonds is 6. The zero-order valence-corrected chi connectivity index (χ0v) is 18.5. The Bertz CT molecular complexity index is 1010. The quantitative estimate of drug-likeness (QED) is 0.674. The third kappa shape index (κ3) is 5.50. The summed E-state index contributed by atoms with van der Waals surface area (Å²) in [6, 6.07) is 11.2. The summed E-state index contributed by atoms with van der Waals surface area (Å²) >= 11 is 0. The fourth-order valence-electron chi connectivity index (χ4n) is 3.69. The molecule has 8 heteroatoms. The number of amides is 3. The minimum Gasteiger partial charge on any atom is -0.375 e. The number of halogens is 1. The molecule has 1 aliphatic heterocycles. The summed E-state index contributed by atoms with van der Waals surface area (Å²) in [4.78, 5) is 39.0. The van der Waals surface area contributed by atoms with Gasteiger partial charge in [-0.2, -0.15) is 0 Å². The van der Waals surface area contributed by atoms with Crippen LogP contribution in [0.15, 0.2) is 42.5 Å². The van der Waals surface area contributed by atoms with Crippen LogP contribution in [0.25, 0.3) is 0 Å². The molecule has 3 rings (SSSR count). The molecule has 2 aromatic carbocycles. The smallest absolute Gasteiger partial charge is 0.313 e. The Hall–Kier alpha value is -3.26. The number of nitrogens with one attached hydrogen (secondary N) is 2. The Balaban J connectivity index is 1.64. The van der Waals surface area contributed by atoms with E-state index in [1.807, 2.05) is 19.9 Å². The van der Waals surface area contributed by atoms with Gasteiger partial charge in [-0.15, -0.1) is 0 Å². The van der Waals surface area contributed by atoms with Gasteiger partial charge in [0.25, 0.3) is 0 Å². The molecule has 2 aromatic rings. The van der Waals surface area contributed by atoms with Crippen LogP contribution < -0.4 is 15.5 Å². The number of fused-ring (bicyclic) bond motifs is 1. The molecule has 7 nitrogen and oxygen atoms in total. The van der Waals surface area contributed by atoms with Gasteiger partial charge >= 0.3 is 11.8 Å². The molecular weight excluding hydrogens is 413 g/mol. The highest BCUT2D eigenvalue weighted by atomic mass is 19.1. The molecule has 0 saturated carbocycles. The highest BCUT2D eigenvalue weighted by Crippen LogP contribution is 2.31. The number of carbonyl (C=O) groups is 3. The number of benzene rings is 2. The van der Waals surface area contributed by atoms with Gasteiger partial charge in [0.15, 0.2) is 0 Å². The molecule has 1 aliphatic rings. The number of nitrogens with zero attached hydrogens (tertiary/aromatic N) is 1. The van der Waals surface area contributed by atoms with Crippen LogP contribution in [0.2, 0.25) is 0 Å². The lowest BCUT2D eigenvalue weighted by atomic mass is 9.99. The molecule has 0 bridgehead atoms. The second-order valence-corrected chi connectivity index (χ2v) is 8.04. The van der Waals surface area contributed by atoms with Crippen molar-refractivity contribution >= 4 is 29.1 Å². The van der Waals surface area contributed by atoms with E-state index in [1.54, 1.807) is 29.2 Å². The van der Waals surface area contributed by atoms with Gasteiger partial charge in [0.1, 0.15) is 5.82 Å². The molecule has 1 unspecified atom stereocenters. The monoisotopic (exact) mass is 441 g/mol. The standard InChI is InChI=1S/C24H28FN3O4/c1-15(2)24(31)28-11-5-7-16-9-10-19(13-20(16)28)27-23(30)22(29)26-14-21(32-3)17-6-4-8-18(25)12-17/h4,6,8-10,12-13,15,21H,5,7,11,14H2,1-3H3,(H,26,29)(H,27,30). The Morgan fingerprint density at radius 3 is 2.59 bits per heavy atom. The first-order valence-electron chi connectivity index (χ1n) is 10.6. The van der Waals surface area contributed by atoms with Crippen LogP contribution in [0.4, 0.5) is 15.8 Å². The maximum atomic E-state index is 13.4.